The lowest BCUT2D eigenvalue weighted by atomic mass is 9.87. The number of nitrogens with one attached hydrogen (secondary N) is 1. The van der Waals surface area contributed by atoms with E-state index in [9.17, 15) is 0 Å². The number of aryl methyl sites for hydroxylation is 1. The van der Waals surface area contributed by atoms with Crippen LogP contribution in [0.2, 0.25) is 0 Å². The molecule has 2 atom stereocenters. The van der Waals surface area contributed by atoms with Gasteiger partial charge in [0.25, 0.3) is 0 Å². The molecule has 0 aliphatic heterocycles. The second kappa shape index (κ2) is 6.27. The molecule has 1 unspecified atom stereocenters. The van der Waals surface area contributed by atoms with Crippen LogP contribution in [-0.4, -0.2) is 18.1 Å². The number of rotatable bonds is 4. The molecule has 3 heteroatoms. The van der Waals surface area contributed by atoms with Gasteiger partial charge in [0.05, 0.1) is 12.8 Å². The molecule has 110 valence electrons. The van der Waals surface area contributed by atoms with Crippen molar-refractivity contribution in [1.82, 2.24) is 10.3 Å². The Morgan fingerprint density at radius 1 is 1.24 bits per heavy atom. The Balaban J connectivity index is 1.68. The highest BCUT2D eigenvalue weighted by Gasteiger charge is 2.21. The highest BCUT2D eigenvalue weighted by atomic mass is 16.5. The van der Waals surface area contributed by atoms with Crippen molar-refractivity contribution in [2.45, 2.75) is 38.3 Å². The van der Waals surface area contributed by atoms with Gasteiger partial charge in [0.2, 0.25) is 0 Å². The van der Waals surface area contributed by atoms with Crippen molar-refractivity contribution in [1.29, 1.82) is 0 Å². The summed E-state index contributed by atoms with van der Waals surface area (Å²) < 4.78 is 5.34. The molecule has 0 saturated carbocycles. The number of benzene rings is 1. The topological polar surface area (TPSA) is 34.1 Å². The molecule has 0 saturated heterocycles. The third kappa shape index (κ3) is 3.24. The van der Waals surface area contributed by atoms with Crippen LogP contribution in [0.25, 0.3) is 0 Å². The Kier molecular flexibility index (Phi) is 4.20. The van der Waals surface area contributed by atoms with E-state index in [4.69, 9.17) is 4.74 Å². The van der Waals surface area contributed by atoms with Gasteiger partial charge in [-0.25, -0.2) is 0 Å². The third-order valence-corrected chi connectivity index (χ3v) is 4.26. The van der Waals surface area contributed by atoms with Gasteiger partial charge in [0.15, 0.2) is 0 Å². The van der Waals surface area contributed by atoms with Gasteiger partial charge in [-0.15, -0.1) is 0 Å². The lowest BCUT2D eigenvalue weighted by Gasteiger charge is -2.28. The van der Waals surface area contributed by atoms with Crippen LogP contribution < -0.4 is 10.1 Å². The summed E-state index contributed by atoms with van der Waals surface area (Å²) in [7, 11) is 1.73. The maximum atomic E-state index is 5.34. The zero-order valence-electron chi connectivity index (χ0n) is 12.7. The molecule has 3 nitrogen and oxygen atoms in total. The van der Waals surface area contributed by atoms with Crippen LogP contribution in [0.5, 0.6) is 5.75 Å². The van der Waals surface area contributed by atoms with Gasteiger partial charge in [-0.1, -0.05) is 12.1 Å². The van der Waals surface area contributed by atoms with E-state index in [-0.39, 0.29) is 6.04 Å². The Morgan fingerprint density at radius 2 is 2.14 bits per heavy atom. The van der Waals surface area contributed by atoms with E-state index in [0.29, 0.717) is 6.04 Å². The average molecular weight is 282 g/mol. The van der Waals surface area contributed by atoms with Gasteiger partial charge >= 0.3 is 0 Å². The summed E-state index contributed by atoms with van der Waals surface area (Å²) >= 11 is 0. The van der Waals surface area contributed by atoms with Crippen LogP contribution in [0, 0.1) is 0 Å². The summed E-state index contributed by atoms with van der Waals surface area (Å²) in [5.41, 5.74) is 3.97. The van der Waals surface area contributed by atoms with Crippen molar-refractivity contribution in [3.8, 4) is 5.75 Å². The summed E-state index contributed by atoms with van der Waals surface area (Å²) in [4.78, 5) is 4.43. The second-order valence-electron chi connectivity index (χ2n) is 5.72. The molecule has 2 aromatic rings. The zero-order valence-corrected chi connectivity index (χ0v) is 12.7. The lowest BCUT2D eigenvalue weighted by Crippen LogP contribution is -2.36. The molecule has 0 radical (unpaired) electrons. The minimum absolute atomic E-state index is 0.281. The Bertz CT molecular complexity index is 597. The zero-order chi connectivity index (χ0) is 14.7. The van der Waals surface area contributed by atoms with Gasteiger partial charge < -0.3 is 10.1 Å². The summed E-state index contributed by atoms with van der Waals surface area (Å²) in [6, 6.07) is 13.3. The lowest BCUT2D eigenvalue weighted by molar-refractivity contribution is 0.400. The molecule has 0 fully saturated rings. The van der Waals surface area contributed by atoms with Crippen LogP contribution in [0.1, 0.15) is 36.2 Å². The normalized spacial score (nSPS) is 18.9. The van der Waals surface area contributed by atoms with Gasteiger partial charge in [0.1, 0.15) is 5.75 Å². The highest BCUT2D eigenvalue weighted by Crippen LogP contribution is 2.26. The molecule has 1 aliphatic rings. The van der Waals surface area contributed by atoms with Crippen LogP contribution >= 0.6 is 0 Å². The molecule has 1 heterocycles. The van der Waals surface area contributed by atoms with Crippen molar-refractivity contribution in [3.05, 3.63) is 59.4 Å². The maximum absolute atomic E-state index is 5.34. The van der Waals surface area contributed by atoms with Gasteiger partial charge in [-0.3, -0.25) is 4.98 Å². The predicted octanol–water partition coefficient (Wildman–Crippen LogP) is 3.30. The monoisotopic (exact) mass is 282 g/mol. The fourth-order valence-electron chi connectivity index (χ4n) is 3.07. The van der Waals surface area contributed by atoms with E-state index >= 15 is 0 Å². The fraction of sp³-hybridized carbons (Fsp3) is 0.389. The SMILES string of the molecule is COc1ccc2c(c1)CC(N[C@H](C)c1ccccn1)CC2. The molecule has 1 N–H and O–H groups in total. The standard InChI is InChI=1S/C18H22N2O/c1-13(18-5-3-4-10-19-18)20-16-8-6-14-7-9-17(21-2)12-15(14)11-16/h3-5,7,9-10,12-13,16,20H,6,8,11H2,1-2H3/t13-,16?/m1/s1. The maximum Gasteiger partial charge on any atom is 0.119 e. The first-order valence-electron chi connectivity index (χ1n) is 7.59. The van der Waals surface area contributed by atoms with Crippen molar-refractivity contribution < 1.29 is 4.74 Å². The first-order valence-corrected chi connectivity index (χ1v) is 7.59. The number of aromatic nitrogens is 1. The Labute approximate surface area is 126 Å². The van der Waals surface area contributed by atoms with Crippen LogP contribution in [0.3, 0.4) is 0 Å². The largest absolute Gasteiger partial charge is 0.497 e. The molecule has 0 amide bonds. The molecule has 1 aromatic heterocycles. The Hall–Kier alpha value is -1.87. The van der Waals surface area contributed by atoms with E-state index < -0.39 is 0 Å². The second-order valence-corrected chi connectivity index (χ2v) is 5.72. The first-order chi connectivity index (χ1) is 10.3. The van der Waals surface area contributed by atoms with Crippen molar-refractivity contribution in [2.24, 2.45) is 0 Å². The molecule has 0 bridgehead atoms. The van der Waals surface area contributed by atoms with Gasteiger partial charge in [-0.05, 0) is 61.6 Å². The summed E-state index contributed by atoms with van der Waals surface area (Å²) in [6.45, 7) is 2.18. The molecular weight excluding hydrogens is 260 g/mol. The van der Waals surface area contributed by atoms with Crippen LogP contribution in [0.4, 0.5) is 0 Å². The summed E-state index contributed by atoms with van der Waals surface area (Å²) in [5.74, 6) is 0.951. The van der Waals surface area contributed by atoms with E-state index in [1.165, 1.54) is 17.5 Å². The smallest absolute Gasteiger partial charge is 0.119 e. The number of fused-ring (bicyclic) bond motifs is 1. The van der Waals surface area contributed by atoms with Crippen LogP contribution in [-0.2, 0) is 12.8 Å². The van der Waals surface area contributed by atoms with E-state index in [2.05, 4.69) is 41.5 Å². The van der Waals surface area contributed by atoms with Gasteiger partial charge in [-0.2, -0.15) is 0 Å². The predicted molar refractivity (Wildman–Crippen MR) is 84.6 cm³/mol. The minimum Gasteiger partial charge on any atom is -0.497 e. The van der Waals surface area contributed by atoms with Crippen molar-refractivity contribution in [3.63, 3.8) is 0 Å². The average Bonchev–Trinajstić information content (AvgIpc) is 2.55. The molecule has 1 aliphatic carbocycles. The number of methoxy groups -OCH3 is 1. The number of pyridine rings is 1. The number of hydrogen-bond donors (Lipinski definition) is 1. The summed E-state index contributed by atoms with van der Waals surface area (Å²) in [5, 5.41) is 3.71. The van der Waals surface area contributed by atoms with E-state index in [0.717, 1.165) is 24.3 Å². The first kappa shape index (κ1) is 14.1. The minimum atomic E-state index is 0.281. The Morgan fingerprint density at radius 3 is 2.90 bits per heavy atom. The molecule has 1 aromatic carbocycles. The highest BCUT2D eigenvalue weighted by molar-refractivity contribution is 5.38. The van der Waals surface area contributed by atoms with E-state index in [1.807, 2.05) is 18.3 Å². The number of ether oxygens (including phenoxy) is 1. The van der Waals surface area contributed by atoms with Crippen molar-refractivity contribution >= 4 is 0 Å². The molecular formula is C18H22N2O. The summed E-state index contributed by atoms with van der Waals surface area (Å²) in [6.07, 6.45) is 5.22. The molecule has 3 rings (SSSR count). The van der Waals surface area contributed by atoms with E-state index in [1.54, 1.807) is 7.11 Å². The number of nitrogens with zero attached hydrogens (tertiary/aromatic N) is 1. The van der Waals surface area contributed by atoms with Crippen molar-refractivity contribution in [2.75, 3.05) is 7.11 Å². The number of hydrogen-bond acceptors (Lipinski definition) is 3. The third-order valence-electron chi connectivity index (χ3n) is 4.26. The molecule has 0 spiro atoms. The quantitative estimate of drug-likeness (QED) is 0.934. The van der Waals surface area contributed by atoms with Crippen LogP contribution in [0.15, 0.2) is 42.6 Å². The fourth-order valence-corrected chi connectivity index (χ4v) is 3.07. The molecule has 21 heavy (non-hydrogen) atoms. The van der Waals surface area contributed by atoms with Gasteiger partial charge in [0, 0.05) is 18.3 Å².